The van der Waals surface area contributed by atoms with E-state index in [9.17, 15) is 0 Å². The summed E-state index contributed by atoms with van der Waals surface area (Å²) in [5, 5.41) is 8.56. The number of nitrogens with zero attached hydrogens (tertiary/aromatic N) is 4. The summed E-state index contributed by atoms with van der Waals surface area (Å²) >= 11 is 0. The predicted octanol–water partition coefficient (Wildman–Crippen LogP) is 4.95. The van der Waals surface area contributed by atoms with E-state index in [-0.39, 0.29) is 5.41 Å². The average molecular weight is 374 g/mol. The van der Waals surface area contributed by atoms with E-state index in [1.807, 2.05) is 11.4 Å². The molecule has 0 unspecified atom stereocenters. The summed E-state index contributed by atoms with van der Waals surface area (Å²) in [4.78, 5) is 9.67. The van der Waals surface area contributed by atoms with Gasteiger partial charge in [0.05, 0.1) is 0 Å². The van der Waals surface area contributed by atoms with Crippen molar-refractivity contribution in [3.8, 4) is 0 Å². The van der Waals surface area contributed by atoms with Gasteiger partial charge in [0.15, 0.2) is 5.82 Å². The van der Waals surface area contributed by atoms with Crippen molar-refractivity contribution in [1.82, 2.24) is 19.6 Å². The van der Waals surface area contributed by atoms with Gasteiger partial charge in [0.25, 0.3) is 5.78 Å². The first-order valence-corrected chi connectivity index (χ1v) is 10.6. The molecule has 1 N–H and O–H groups in total. The number of fused-ring (bicyclic) bond motifs is 1. The Hall–Kier alpha value is -2.43. The summed E-state index contributed by atoms with van der Waals surface area (Å²) < 4.78 is 1.92. The van der Waals surface area contributed by atoms with Crippen LogP contribution >= 0.6 is 0 Å². The van der Waals surface area contributed by atoms with Crippen molar-refractivity contribution in [2.45, 2.75) is 57.8 Å². The smallest absolute Gasteiger partial charge is 0.254 e. The third-order valence-corrected chi connectivity index (χ3v) is 7.28. The fourth-order valence-electron chi connectivity index (χ4n) is 6.47. The molecule has 0 aliphatic heterocycles. The van der Waals surface area contributed by atoms with Crippen LogP contribution in [0, 0.1) is 31.6 Å². The first-order valence-electron chi connectivity index (χ1n) is 10.6. The highest BCUT2D eigenvalue weighted by Gasteiger charge is 2.53. The largest absolute Gasteiger partial charge is 0.340 e. The molecule has 4 aliphatic rings. The van der Waals surface area contributed by atoms with Crippen LogP contribution in [0.15, 0.2) is 30.3 Å². The van der Waals surface area contributed by atoms with E-state index >= 15 is 0 Å². The molecular formula is C23H27N5. The Morgan fingerprint density at radius 2 is 1.57 bits per heavy atom. The molecule has 4 aliphatic carbocycles. The lowest BCUT2D eigenvalue weighted by Gasteiger charge is -2.55. The molecule has 4 bridgehead atoms. The Labute approximate surface area is 165 Å². The fraction of sp³-hybridized carbons (Fsp3) is 0.522. The third kappa shape index (κ3) is 2.55. The van der Waals surface area contributed by atoms with Crippen LogP contribution in [0.5, 0.6) is 0 Å². The Morgan fingerprint density at radius 3 is 2.21 bits per heavy atom. The van der Waals surface area contributed by atoms with E-state index in [4.69, 9.17) is 10.1 Å². The normalized spacial score (nSPS) is 30.9. The fourth-order valence-corrected chi connectivity index (χ4v) is 6.47. The molecule has 144 valence electrons. The number of rotatable bonds is 3. The minimum atomic E-state index is 0.192. The van der Waals surface area contributed by atoms with Gasteiger partial charge in [-0.05, 0) is 82.3 Å². The van der Waals surface area contributed by atoms with E-state index in [2.05, 4.69) is 47.6 Å². The van der Waals surface area contributed by atoms with Crippen LogP contribution in [0.2, 0.25) is 0 Å². The van der Waals surface area contributed by atoms with Crippen molar-refractivity contribution in [1.29, 1.82) is 0 Å². The number of anilines is 2. The van der Waals surface area contributed by atoms with Gasteiger partial charge in [0.1, 0.15) is 5.82 Å². The van der Waals surface area contributed by atoms with Crippen LogP contribution in [0.1, 0.15) is 55.6 Å². The van der Waals surface area contributed by atoms with Gasteiger partial charge >= 0.3 is 0 Å². The zero-order valence-electron chi connectivity index (χ0n) is 16.7. The maximum Gasteiger partial charge on any atom is 0.254 e. The molecule has 28 heavy (non-hydrogen) atoms. The van der Waals surface area contributed by atoms with E-state index in [0.717, 1.165) is 46.6 Å². The van der Waals surface area contributed by atoms with Crippen LogP contribution in [0.25, 0.3) is 5.78 Å². The molecule has 0 amide bonds. The standard InChI is InChI=1S/C23H27N5/c1-14-3-5-19(6-4-14)25-20-7-15(2)24-22-26-21(27-28(20)22)23-11-16-8-17(12-23)10-18(9-16)13-23/h3-7,16-18,25H,8-13H2,1-2H3. The van der Waals surface area contributed by atoms with Crippen LogP contribution < -0.4 is 5.32 Å². The molecule has 2 aromatic heterocycles. The number of aryl methyl sites for hydroxylation is 2. The van der Waals surface area contributed by atoms with Crippen molar-refractivity contribution in [3.05, 3.63) is 47.4 Å². The Balaban J connectivity index is 1.42. The lowest BCUT2D eigenvalue weighted by molar-refractivity contribution is -0.00925. The van der Waals surface area contributed by atoms with Gasteiger partial charge in [-0.15, -0.1) is 5.10 Å². The maximum absolute atomic E-state index is 5.04. The van der Waals surface area contributed by atoms with Crippen LogP contribution in [-0.4, -0.2) is 19.6 Å². The van der Waals surface area contributed by atoms with Crippen LogP contribution in [0.3, 0.4) is 0 Å². The van der Waals surface area contributed by atoms with Gasteiger partial charge < -0.3 is 5.32 Å². The number of nitrogens with one attached hydrogen (secondary N) is 1. The predicted molar refractivity (Wildman–Crippen MR) is 110 cm³/mol. The van der Waals surface area contributed by atoms with Gasteiger partial charge in [-0.25, -0.2) is 4.98 Å². The minimum Gasteiger partial charge on any atom is -0.340 e. The lowest BCUT2D eigenvalue weighted by atomic mass is 9.49. The summed E-state index contributed by atoms with van der Waals surface area (Å²) in [6, 6.07) is 10.5. The monoisotopic (exact) mass is 373 g/mol. The zero-order valence-corrected chi connectivity index (χ0v) is 16.7. The van der Waals surface area contributed by atoms with Crippen molar-refractivity contribution in [3.63, 3.8) is 0 Å². The van der Waals surface area contributed by atoms with Crippen LogP contribution in [0.4, 0.5) is 11.5 Å². The van der Waals surface area contributed by atoms with Gasteiger partial charge in [0.2, 0.25) is 0 Å². The number of hydrogen-bond donors (Lipinski definition) is 1. The van der Waals surface area contributed by atoms with Crippen molar-refractivity contribution in [2.24, 2.45) is 17.8 Å². The second-order valence-electron chi connectivity index (χ2n) is 9.62. The molecule has 0 saturated heterocycles. The van der Waals surface area contributed by atoms with Crippen molar-refractivity contribution < 1.29 is 0 Å². The third-order valence-electron chi connectivity index (χ3n) is 7.28. The number of benzene rings is 1. The molecule has 4 saturated carbocycles. The van der Waals surface area contributed by atoms with E-state index < -0.39 is 0 Å². The van der Waals surface area contributed by atoms with Gasteiger partial charge in [0, 0.05) is 22.9 Å². The van der Waals surface area contributed by atoms with E-state index in [0.29, 0.717) is 0 Å². The molecule has 5 nitrogen and oxygen atoms in total. The van der Waals surface area contributed by atoms with Gasteiger partial charge in [-0.2, -0.15) is 9.50 Å². The average Bonchev–Trinajstić information content (AvgIpc) is 3.07. The Morgan fingerprint density at radius 1 is 0.929 bits per heavy atom. The van der Waals surface area contributed by atoms with E-state index in [1.54, 1.807) is 0 Å². The van der Waals surface area contributed by atoms with Crippen LogP contribution in [-0.2, 0) is 5.41 Å². The first-order chi connectivity index (χ1) is 13.6. The highest BCUT2D eigenvalue weighted by molar-refractivity contribution is 5.59. The van der Waals surface area contributed by atoms with Crippen molar-refractivity contribution >= 4 is 17.3 Å². The molecule has 5 heteroatoms. The molecule has 7 rings (SSSR count). The molecule has 0 spiro atoms. The lowest BCUT2D eigenvalue weighted by Crippen LogP contribution is -2.49. The topological polar surface area (TPSA) is 55.1 Å². The Bertz CT molecular complexity index is 1010. The molecule has 1 aromatic carbocycles. The van der Waals surface area contributed by atoms with Crippen molar-refractivity contribution in [2.75, 3.05) is 5.32 Å². The number of hydrogen-bond acceptors (Lipinski definition) is 4. The summed E-state index contributed by atoms with van der Waals surface area (Å²) in [6.45, 7) is 4.13. The molecule has 3 aromatic rings. The SMILES string of the molecule is Cc1ccc(Nc2cc(C)nc3nc(C45CC6CC(CC(C6)C4)C5)nn23)cc1. The maximum atomic E-state index is 5.04. The second-order valence-corrected chi connectivity index (χ2v) is 9.62. The summed E-state index contributed by atoms with van der Waals surface area (Å²) in [6.07, 6.45) is 8.12. The van der Waals surface area contributed by atoms with Gasteiger partial charge in [-0.3, -0.25) is 0 Å². The quantitative estimate of drug-likeness (QED) is 0.705. The van der Waals surface area contributed by atoms with Gasteiger partial charge in [-0.1, -0.05) is 17.7 Å². The first kappa shape index (κ1) is 16.5. The molecule has 2 heterocycles. The second kappa shape index (κ2) is 5.79. The molecule has 0 radical (unpaired) electrons. The Kier molecular flexibility index (Phi) is 3.41. The van der Waals surface area contributed by atoms with E-state index in [1.165, 1.54) is 44.1 Å². The molecular weight excluding hydrogens is 346 g/mol. The molecule has 0 atom stereocenters. The number of aromatic nitrogens is 4. The highest BCUT2D eigenvalue weighted by Crippen LogP contribution is 2.60. The summed E-state index contributed by atoms with van der Waals surface area (Å²) in [5.74, 6) is 5.36. The molecule has 4 fully saturated rings. The summed E-state index contributed by atoms with van der Waals surface area (Å²) in [5.41, 5.74) is 3.47. The zero-order chi connectivity index (χ0) is 18.9. The minimum absolute atomic E-state index is 0.192. The highest BCUT2D eigenvalue weighted by atomic mass is 15.4. The summed E-state index contributed by atoms with van der Waals surface area (Å²) in [7, 11) is 0.